The lowest BCUT2D eigenvalue weighted by Crippen LogP contribution is -2.30. The van der Waals surface area contributed by atoms with Crippen molar-refractivity contribution in [1.82, 2.24) is 10.2 Å². The molecule has 0 spiro atoms. The highest BCUT2D eigenvalue weighted by Gasteiger charge is 2.34. The third-order valence-corrected chi connectivity index (χ3v) is 4.64. The van der Waals surface area contributed by atoms with Crippen LogP contribution in [0.4, 0.5) is 4.79 Å². The fourth-order valence-electron chi connectivity index (χ4n) is 3.08. The van der Waals surface area contributed by atoms with Gasteiger partial charge in [-0.15, -0.1) is 0 Å². The summed E-state index contributed by atoms with van der Waals surface area (Å²) < 4.78 is 0. The van der Waals surface area contributed by atoms with E-state index in [4.69, 9.17) is 11.6 Å². The quantitative estimate of drug-likeness (QED) is 0.657. The third kappa shape index (κ3) is 3.44. The van der Waals surface area contributed by atoms with Crippen LogP contribution in [0, 0.1) is 20.8 Å². The minimum atomic E-state index is -0.432. The normalized spacial score (nSPS) is 15.8. The second kappa shape index (κ2) is 6.73. The van der Waals surface area contributed by atoms with Crippen LogP contribution in [0.1, 0.15) is 27.8 Å². The zero-order valence-corrected chi connectivity index (χ0v) is 15.1. The Balaban J connectivity index is 1.90. The Bertz CT molecular complexity index is 879. The van der Waals surface area contributed by atoms with Crippen molar-refractivity contribution in [1.29, 1.82) is 0 Å². The minimum Gasteiger partial charge on any atom is -0.303 e. The van der Waals surface area contributed by atoms with Crippen LogP contribution < -0.4 is 5.32 Å². The average Bonchev–Trinajstić information content (AvgIpc) is 2.80. The molecule has 2 aromatic rings. The summed E-state index contributed by atoms with van der Waals surface area (Å²) in [5.74, 6) is -0.343. The predicted molar refractivity (Wildman–Crippen MR) is 99.2 cm³/mol. The highest BCUT2D eigenvalue weighted by Crippen LogP contribution is 2.24. The molecule has 5 heteroatoms. The van der Waals surface area contributed by atoms with Crippen LogP contribution in [0.25, 0.3) is 6.08 Å². The largest absolute Gasteiger partial charge is 0.329 e. The summed E-state index contributed by atoms with van der Waals surface area (Å²) in [4.78, 5) is 26.1. The molecular weight excluding hydrogens is 336 g/mol. The smallest absolute Gasteiger partial charge is 0.303 e. The van der Waals surface area contributed by atoms with Gasteiger partial charge in [0.2, 0.25) is 0 Å². The highest BCUT2D eigenvalue weighted by atomic mass is 35.5. The number of rotatable bonds is 3. The first-order valence-electron chi connectivity index (χ1n) is 8.02. The monoisotopic (exact) mass is 354 g/mol. The lowest BCUT2D eigenvalue weighted by atomic mass is 9.99. The molecule has 1 heterocycles. The molecule has 1 aliphatic rings. The summed E-state index contributed by atoms with van der Waals surface area (Å²) in [6, 6.07) is 10.9. The molecule has 1 saturated heterocycles. The number of carbonyl (C=O) groups excluding carboxylic acids is 2. The average molecular weight is 355 g/mol. The Hall–Kier alpha value is -2.59. The number of halogens is 1. The number of imide groups is 1. The molecule has 0 radical (unpaired) electrons. The molecule has 0 aliphatic carbocycles. The lowest BCUT2D eigenvalue weighted by molar-refractivity contribution is -0.123. The van der Waals surface area contributed by atoms with Crippen molar-refractivity contribution in [2.75, 3.05) is 0 Å². The summed E-state index contributed by atoms with van der Waals surface area (Å²) in [5.41, 5.74) is 5.27. The van der Waals surface area contributed by atoms with Gasteiger partial charge in [0.15, 0.2) is 0 Å². The van der Waals surface area contributed by atoms with E-state index in [9.17, 15) is 9.59 Å². The van der Waals surface area contributed by atoms with Crippen LogP contribution in [0.2, 0.25) is 5.02 Å². The fourth-order valence-corrected chi connectivity index (χ4v) is 3.27. The van der Waals surface area contributed by atoms with E-state index in [1.54, 1.807) is 18.2 Å². The second-order valence-corrected chi connectivity index (χ2v) is 6.69. The van der Waals surface area contributed by atoms with E-state index in [1.807, 2.05) is 32.9 Å². The van der Waals surface area contributed by atoms with Gasteiger partial charge in [0, 0.05) is 5.02 Å². The van der Waals surface area contributed by atoms with Crippen LogP contribution in [0.15, 0.2) is 42.1 Å². The Morgan fingerprint density at radius 2 is 1.72 bits per heavy atom. The molecular formula is C20H19ClN2O2. The summed E-state index contributed by atoms with van der Waals surface area (Å²) in [7, 11) is 0. The van der Waals surface area contributed by atoms with Crippen molar-refractivity contribution < 1.29 is 9.59 Å². The first kappa shape index (κ1) is 17.2. The summed E-state index contributed by atoms with van der Waals surface area (Å²) in [6.07, 6.45) is 1.75. The zero-order chi connectivity index (χ0) is 18.1. The number of benzene rings is 2. The van der Waals surface area contributed by atoms with Crippen molar-refractivity contribution in [3.63, 3.8) is 0 Å². The molecule has 0 unspecified atom stereocenters. The number of amides is 3. The maximum absolute atomic E-state index is 12.7. The lowest BCUT2D eigenvalue weighted by Gasteiger charge is -2.13. The number of aryl methyl sites for hydroxylation is 3. The Kier molecular flexibility index (Phi) is 4.64. The molecule has 0 bridgehead atoms. The molecule has 4 nitrogen and oxygen atoms in total. The molecule has 0 saturated carbocycles. The third-order valence-electron chi connectivity index (χ3n) is 4.28. The number of hydrogen-bond acceptors (Lipinski definition) is 2. The number of hydrogen-bond donors (Lipinski definition) is 1. The van der Waals surface area contributed by atoms with Gasteiger partial charge in [-0.3, -0.25) is 9.69 Å². The van der Waals surface area contributed by atoms with Crippen LogP contribution in [0.3, 0.4) is 0 Å². The van der Waals surface area contributed by atoms with E-state index in [1.165, 1.54) is 10.5 Å². The van der Waals surface area contributed by atoms with Crippen LogP contribution in [-0.4, -0.2) is 16.8 Å². The molecule has 3 amide bonds. The van der Waals surface area contributed by atoms with Gasteiger partial charge < -0.3 is 5.32 Å². The molecule has 2 aromatic carbocycles. The summed E-state index contributed by atoms with van der Waals surface area (Å²) >= 11 is 6.14. The van der Waals surface area contributed by atoms with Gasteiger partial charge in [-0.1, -0.05) is 47.5 Å². The van der Waals surface area contributed by atoms with E-state index < -0.39 is 6.03 Å². The molecule has 0 aromatic heterocycles. The summed E-state index contributed by atoms with van der Waals surface area (Å²) in [6.45, 7) is 6.17. The Morgan fingerprint density at radius 3 is 2.36 bits per heavy atom. The fraction of sp³-hybridized carbons (Fsp3) is 0.200. The SMILES string of the molecule is Cc1cc(C)c(C=C2NC(=O)N(Cc3ccccc3Cl)C2=O)c(C)c1. The number of nitrogens with one attached hydrogen (secondary N) is 1. The van der Waals surface area contributed by atoms with Gasteiger partial charge in [0.1, 0.15) is 5.70 Å². The maximum atomic E-state index is 12.7. The van der Waals surface area contributed by atoms with Crippen molar-refractivity contribution in [3.8, 4) is 0 Å². The van der Waals surface area contributed by atoms with Crippen LogP contribution in [-0.2, 0) is 11.3 Å². The standard InChI is InChI=1S/C20H19ClN2O2/c1-12-8-13(2)16(14(3)9-12)10-18-19(24)23(20(25)22-18)11-15-6-4-5-7-17(15)21/h4-10H,11H2,1-3H3,(H,22,25). The predicted octanol–water partition coefficient (Wildman–Crippen LogP) is 4.36. The zero-order valence-electron chi connectivity index (χ0n) is 14.4. The number of nitrogens with zero attached hydrogens (tertiary/aromatic N) is 1. The van der Waals surface area contributed by atoms with Crippen molar-refractivity contribution in [3.05, 3.63) is 74.9 Å². The van der Waals surface area contributed by atoms with E-state index >= 15 is 0 Å². The first-order chi connectivity index (χ1) is 11.9. The van der Waals surface area contributed by atoms with Gasteiger partial charge in [0.05, 0.1) is 6.54 Å². The topological polar surface area (TPSA) is 49.4 Å². The molecule has 25 heavy (non-hydrogen) atoms. The molecule has 3 rings (SSSR count). The van der Waals surface area contributed by atoms with E-state index in [0.29, 0.717) is 5.02 Å². The first-order valence-corrected chi connectivity index (χ1v) is 8.40. The Labute approximate surface area is 152 Å². The van der Waals surface area contributed by atoms with Gasteiger partial charge in [0.25, 0.3) is 5.91 Å². The van der Waals surface area contributed by atoms with Crippen LogP contribution >= 0.6 is 11.6 Å². The van der Waals surface area contributed by atoms with Gasteiger partial charge in [-0.25, -0.2) is 4.79 Å². The molecule has 1 N–H and O–H groups in total. The summed E-state index contributed by atoms with van der Waals surface area (Å²) in [5, 5.41) is 3.20. The van der Waals surface area contributed by atoms with E-state index in [-0.39, 0.29) is 18.1 Å². The highest BCUT2D eigenvalue weighted by molar-refractivity contribution is 6.31. The molecule has 1 fully saturated rings. The molecule has 1 aliphatic heterocycles. The van der Waals surface area contributed by atoms with Crippen molar-refractivity contribution in [2.45, 2.75) is 27.3 Å². The van der Waals surface area contributed by atoms with E-state index in [2.05, 4.69) is 17.4 Å². The Morgan fingerprint density at radius 1 is 1.08 bits per heavy atom. The van der Waals surface area contributed by atoms with Gasteiger partial charge in [-0.05, 0) is 55.2 Å². The van der Waals surface area contributed by atoms with E-state index in [0.717, 1.165) is 22.3 Å². The molecule has 128 valence electrons. The number of urea groups is 1. The maximum Gasteiger partial charge on any atom is 0.329 e. The second-order valence-electron chi connectivity index (χ2n) is 6.28. The van der Waals surface area contributed by atoms with Crippen molar-refractivity contribution in [2.24, 2.45) is 0 Å². The van der Waals surface area contributed by atoms with Gasteiger partial charge in [-0.2, -0.15) is 0 Å². The van der Waals surface area contributed by atoms with Crippen LogP contribution in [0.5, 0.6) is 0 Å². The van der Waals surface area contributed by atoms with Crippen molar-refractivity contribution >= 4 is 29.6 Å². The minimum absolute atomic E-state index is 0.146. The molecule has 0 atom stereocenters. The van der Waals surface area contributed by atoms with Gasteiger partial charge >= 0.3 is 6.03 Å². The number of carbonyl (C=O) groups is 2.